The van der Waals surface area contributed by atoms with Crippen LogP contribution in [-0.4, -0.2) is 82.3 Å². The molecular weight excluding hydrogens is 346 g/mol. The molecule has 25 heavy (non-hydrogen) atoms. The molecule has 0 aromatic rings. The summed E-state index contributed by atoms with van der Waals surface area (Å²) < 4.78 is 5.81. The Balaban J connectivity index is 1.81. The number of carbonyl (C=O) groups is 3. The minimum atomic E-state index is -1.07. The van der Waals surface area contributed by atoms with Crippen LogP contribution in [0.2, 0.25) is 0 Å². The van der Waals surface area contributed by atoms with Gasteiger partial charge >= 0.3 is 11.9 Å². The van der Waals surface area contributed by atoms with E-state index in [4.69, 9.17) is 10.5 Å². The van der Waals surface area contributed by atoms with E-state index in [0.717, 1.165) is 31.5 Å². The number of likely N-dealkylation sites (tertiary alicyclic amines) is 1. The fraction of sp³-hybridized carbons (Fsp3) is 0.688. The van der Waals surface area contributed by atoms with Gasteiger partial charge in [-0.05, 0) is 0 Å². The lowest BCUT2D eigenvalue weighted by atomic mass is 10.0. The van der Waals surface area contributed by atoms with E-state index in [-0.39, 0.29) is 22.9 Å². The molecule has 8 nitrogen and oxygen atoms in total. The molecule has 0 unspecified atom stereocenters. The minimum Gasteiger partial charge on any atom is -0.477 e. The first-order valence-corrected chi connectivity index (χ1v) is 9.53. The average Bonchev–Trinajstić information content (AvgIpc) is 3.01. The number of carbonyl (C=O) groups excluding carboxylic acids is 2. The van der Waals surface area contributed by atoms with Gasteiger partial charge in [0.1, 0.15) is 36.8 Å². The number of β-lactam (4-membered cyclic amide) rings is 1. The molecule has 0 aromatic carbocycles. The third-order valence-corrected chi connectivity index (χ3v) is 6.56. The predicted molar refractivity (Wildman–Crippen MR) is 91.3 cm³/mol. The van der Waals surface area contributed by atoms with Crippen molar-refractivity contribution < 1.29 is 28.7 Å². The van der Waals surface area contributed by atoms with Gasteiger partial charge in [-0.3, -0.25) is 14.5 Å². The van der Waals surface area contributed by atoms with Gasteiger partial charge in [0.05, 0.1) is 13.1 Å². The van der Waals surface area contributed by atoms with E-state index in [1.54, 1.807) is 0 Å². The third kappa shape index (κ3) is 3.40. The van der Waals surface area contributed by atoms with Crippen molar-refractivity contribution in [1.82, 2.24) is 4.90 Å². The van der Waals surface area contributed by atoms with E-state index < -0.39 is 12.0 Å². The Labute approximate surface area is 150 Å². The molecule has 0 spiro atoms. The number of carboxylic acids is 1. The summed E-state index contributed by atoms with van der Waals surface area (Å²) in [5.41, 5.74) is 6.67. The maximum absolute atomic E-state index is 12.0. The average molecular weight is 370 g/mol. The van der Waals surface area contributed by atoms with Crippen LogP contribution in [0, 0.1) is 0 Å². The van der Waals surface area contributed by atoms with Gasteiger partial charge in [0.15, 0.2) is 0 Å². The van der Waals surface area contributed by atoms with Gasteiger partial charge in [-0.2, -0.15) is 0 Å². The van der Waals surface area contributed by atoms with Gasteiger partial charge in [0.25, 0.3) is 0 Å². The van der Waals surface area contributed by atoms with Crippen LogP contribution in [0.3, 0.4) is 0 Å². The number of thioether (sulfide) groups is 1. The molecule has 3 aliphatic heterocycles. The zero-order chi connectivity index (χ0) is 18.2. The normalized spacial score (nSPS) is 27.8. The fourth-order valence-electron chi connectivity index (χ4n) is 3.96. The van der Waals surface area contributed by atoms with Crippen LogP contribution >= 0.6 is 11.8 Å². The molecule has 138 valence electrons. The number of quaternary nitrogens is 1. The van der Waals surface area contributed by atoms with E-state index in [1.165, 1.54) is 23.6 Å². The Hall–Kier alpha value is -1.58. The van der Waals surface area contributed by atoms with Gasteiger partial charge in [0, 0.05) is 31.1 Å². The highest BCUT2D eigenvalue weighted by atomic mass is 32.2. The van der Waals surface area contributed by atoms with Crippen LogP contribution in [0.5, 0.6) is 0 Å². The van der Waals surface area contributed by atoms with Crippen LogP contribution in [0.4, 0.5) is 0 Å². The number of amides is 1. The minimum absolute atomic E-state index is 0.104. The molecular formula is C16H24N3O5S+. The number of hydrogen-bond acceptors (Lipinski definition) is 6. The van der Waals surface area contributed by atoms with Gasteiger partial charge in [-0.1, -0.05) is 0 Å². The first-order valence-electron chi connectivity index (χ1n) is 8.49. The molecule has 0 bridgehead atoms. The van der Waals surface area contributed by atoms with Crippen molar-refractivity contribution in [2.45, 2.75) is 31.2 Å². The molecule has 0 aliphatic carbocycles. The summed E-state index contributed by atoms with van der Waals surface area (Å²) in [6, 6.07) is -0.611. The third-order valence-electron chi connectivity index (χ3n) is 5.20. The number of fused-ring (bicyclic) bond motifs is 1. The number of aliphatic carboxylic acids is 1. The highest BCUT2D eigenvalue weighted by molar-refractivity contribution is 8.00. The second-order valence-electron chi connectivity index (χ2n) is 6.91. The number of ether oxygens (including phenoxy) is 1. The monoisotopic (exact) mass is 370 g/mol. The quantitative estimate of drug-likeness (QED) is 0.377. The molecule has 0 radical (unpaired) electrons. The molecule has 2 atom stereocenters. The van der Waals surface area contributed by atoms with Crippen molar-refractivity contribution in [1.29, 1.82) is 0 Å². The van der Waals surface area contributed by atoms with Crippen LogP contribution in [0.25, 0.3) is 0 Å². The zero-order valence-electron chi connectivity index (χ0n) is 14.3. The van der Waals surface area contributed by atoms with E-state index >= 15 is 0 Å². The van der Waals surface area contributed by atoms with Crippen molar-refractivity contribution in [3.63, 3.8) is 0 Å². The fourth-order valence-corrected chi connectivity index (χ4v) is 5.24. The number of nitrogens with two attached hydrogens (primary N) is 1. The van der Waals surface area contributed by atoms with E-state index in [0.29, 0.717) is 29.9 Å². The van der Waals surface area contributed by atoms with Crippen molar-refractivity contribution in [3.05, 3.63) is 11.3 Å². The van der Waals surface area contributed by atoms with Crippen molar-refractivity contribution in [2.24, 2.45) is 5.73 Å². The van der Waals surface area contributed by atoms with Crippen molar-refractivity contribution in [3.8, 4) is 0 Å². The Kier molecular flexibility index (Phi) is 5.08. The maximum atomic E-state index is 12.0. The summed E-state index contributed by atoms with van der Waals surface area (Å²) >= 11 is 1.53. The van der Waals surface area contributed by atoms with Crippen LogP contribution in [-0.2, 0) is 19.1 Å². The number of hydrogen-bond donors (Lipinski definition) is 2. The second-order valence-corrected chi connectivity index (χ2v) is 8.02. The molecule has 3 N–H and O–H groups in total. The number of esters is 1. The number of rotatable bonds is 6. The molecule has 1 amide bonds. The summed E-state index contributed by atoms with van der Waals surface area (Å²) in [7, 11) is 0. The summed E-state index contributed by atoms with van der Waals surface area (Å²) in [4.78, 5) is 36.2. The highest BCUT2D eigenvalue weighted by Crippen LogP contribution is 2.40. The van der Waals surface area contributed by atoms with Gasteiger partial charge in [-0.25, -0.2) is 4.79 Å². The summed E-state index contributed by atoms with van der Waals surface area (Å²) in [5.74, 6) is -1.13. The van der Waals surface area contributed by atoms with Crippen LogP contribution in [0.1, 0.15) is 19.8 Å². The first-order chi connectivity index (χ1) is 11.8. The van der Waals surface area contributed by atoms with Gasteiger partial charge < -0.3 is 20.1 Å². The molecule has 3 aliphatic rings. The highest BCUT2D eigenvalue weighted by Gasteiger charge is 2.52. The lowest BCUT2D eigenvalue weighted by molar-refractivity contribution is -0.912. The lowest BCUT2D eigenvalue weighted by Gasteiger charge is -2.48. The van der Waals surface area contributed by atoms with E-state index in [2.05, 4.69) is 0 Å². The van der Waals surface area contributed by atoms with E-state index in [9.17, 15) is 19.5 Å². The molecule has 3 heterocycles. The molecule has 3 rings (SSSR count). The Morgan fingerprint density at radius 1 is 1.40 bits per heavy atom. The summed E-state index contributed by atoms with van der Waals surface area (Å²) in [6.07, 6.45) is 2.14. The van der Waals surface area contributed by atoms with Crippen LogP contribution in [0.15, 0.2) is 11.3 Å². The molecule has 2 saturated heterocycles. The van der Waals surface area contributed by atoms with Crippen molar-refractivity contribution >= 4 is 29.6 Å². The zero-order valence-corrected chi connectivity index (χ0v) is 15.1. The first kappa shape index (κ1) is 18.2. The molecule has 0 saturated carbocycles. The maximum Gasteiger partial charge on any atom is 0.352 e. The predicted octanol–water partition coefficient (Wildman–Crippen LogP) is -0.259. The lowest BCUT2D eigenvalue weighted by Crippen LogP contribution is -2.68. The number of nitrogens with zero attached hydrogens (tertiary/aromatic N) is 2. The standard InChI is InChI=1S/C16H23N3O5S/c1-10(20)24-7-6-19(4-2-3-5-19)8-11-9-25-15-12(17)14(21)18(15)13(11)16(22)23/h12,15H,2-9,17H2,1H3/p+1/t12-,15-/m1/s1. The number of carboxylic acid groups (broad SMARTS) is 1. The SMILES string of the molecule is CC(=O)OCC[N+]1(CC2=C(C(=O)O)N3C(=O)[C@@H](N)[C@H]3SC2)CCCC1. The smallest absolute Gasteiger partial charge is 0.352 e. The molecule has 0 aromatic heterocycles. The largest absolute Gasteiger partial charge is 0.477 e. The van der Waals surface area contributed by atoms with Crippen molar-refractivity contribution in [2.75, 3.05) is 38.5 Å². The summed E-state index contributed by atoms with van der Waals surface area (Å²) in [6.45, 7) is 4.81. The second kappa shape index (κ2) is 6.97. The molecule has 2 fully saturated rings. The topological polar surface area (TPSA) is 110 Å². The Bertz CT molecular complexity index is 629. The Morgan fingerprint density at radius 2 is 2.08 bits per heavy atom. The summed E-state index contributed by atoms with van der Waals surface area (Å²) in [5, 5.41) is 9.40. The molecule has 9 heteroatoms. The van der Waals surface area contributed by atoms with Crippen LogP contribution < -0.4 is 5.73 Å². The van der Waals surface area contributed by atoms with Gasteiger partial charge in [0.2, 0.25) is 5.91 Å². The van der Waals surface area contributed by atoms with Gasteiger partial charge in [-0.15, -0.1) is 11.8 Å². The van der Waals surface area contributed by atoms with E-state index in [1.807, 2.05) is 0 Å². The Morgan fingerprint density at radius 3 is 2.68 bits per heavy atom.